The summed E-state index contributed by atoms with van der Waals surface area (Å²) in [5, 5.41) is 2.98. The number of piperidine rings is 1. The lowest BCUT2D eigenvalue weighted by Crippen LogP contribution is -2.40. The molecule has 1 atom stereocenters. The molecule has 0 spiro atoms. The Morgan fingerprint density at radius 3 is 2.75 bits per heavy atom. The molecule has 24 heavy (non-hydrogen) atoms. The predicted octanol–water partition coefficient (Wildman–Crippen LogP) is 2.33. The third-order valence-electron chi connectivity index (χ3n) is 4.37. The number of hydrogen-bond acceptors (Lipinski definition) is 4. The number of nitrogens with zero attached hydrogens (tertiary/aromatic N) is 1. The lowest BCUT2D eigenvalue weighted by Gasteiger charge is -2.31. The molecule has 0 radical (unpaired) electrons. The van der Waals surface area contributed by atoms with E-state index in [-0.39, 0.29) is 11.9 Å². The molecule has 0 aromatic heterocycles. The van der Waals surface area contributed by atoms with E-state index < -0.39 is 0 Å². The first-order chi connectivity index (χ1) is 11.6. The molecule has 1 N–H and O–H groups in total. The molecular weight excluding hydrogens is 304 g/mol. The van der Waals surface area contributed by atoms with Gasteiger partial charge in [-0.05, 0) is 55.6 Å². The number of carbonyl (C=O) groups excluding carboxylic acids is 2. The summed E-state index contributed by atoms with van der Waals surface area (Å²) in [6, 6.07) is 6.95. The average Bonchev–Trinajstić information content (AvgIpc) is 2.64. The van der Waals surface area contributed by atoms with E-state index in [4.69, 9.17) is 0 Å². The summed E-state index contributed by atoms with van der Waals surface area (Å²) in [7, 11) is 1.35. The van der Waals surface area contributed by atoms with Crippen LogP contribution in [0.3, 0.4) is 0 Å². The minimum atomic E-state index is -0.364. The smallest absolute Gasteiger partial charge is 0.337 e. The van der Waals surface area contributed by atoms with Gasteiger partial charge in [-0.1, -0.05) is 19.1 Å². The Balaban J connectivity index is 1.79. The van der Waals surface area contributed by atoms with Gasteiger partial charge < -0.3 is 15.0 Å². The molecule has 0 unspecified atom stereocenters. The summed E-state index contributed by atoms with van der Waals surface area (Å²) in [4.78, 5) is 25.7. The summed E-state index contributed by atoms with van der Waals surface area (Å²) in [5.74, 6) is 0.0907. The summed E-state index contributed by atoms with van der Waals surface area (Å²) >= 11 is 0. The molecule has 0 saturated carbocycles. The fourth-order valence-electron chi connectivity index (χ4n) is 2.93. The maximum Gasteiger partial charge on any atom is 0.337 e. The monoisotopic (exact) mass is 330 g/mol. The number of esters is 1. The van der Waals surface area contributed by atoms with Crippen LogP contribution in [0.1, 0.15) is 35.7 Å². The van der Waals surface area contributed by atoms with Gasteiger partial charge in [0, 0.05) is 19.2 Å². The number of likely N-dealkylation sites (tertiary alicyclic amines) is 1. The van der Waals surface area contributed by atoms with Crippen molar-refractivity contribution in [3.8, 4) is 0 Å². The van der Waals surface area contributed by atoms with Gasteiger partial charge in [0.25, 0.3) is 0 Å². The Hall–Kier alpha value is -2.14. The highest BCUT2D eigenvalue weighted by atomic mass is 16.5. The number of hydrogen-bond donors (Lipinski definition) is 1. The summed E-state index contributed by atoms with van der Waals surface area (Å²) < 4.78 is 4.65. The highest BCUT2D eigenvalue weighted by Crippen LogP contribution is 2.15. The quantitative estimate of drug-likeness (QED) is 0.642. The topological polar surface area (TPSA) is 58.6 Å². The van der Waals surface area contributed by atoms with Crippen LogP contribution in [-0.4, -0.2) is 50.1 Å². The molecule has 2 rings (SSSR count). The Kier molecular flexibility index (Phi) is 7.00. The molecule has 1 heterocycles. The second-order valence-electron chi connectivity index (χ2n) is 6.09. The third kappa shape index (κ3) is 5.49. The number of benzene rings is 1. The third-order valence-corrected chi connectivity index (χ3v) is 4.37. The van der Waals surface area contributed by atoms with Crippen molar-refractivity contribution in [1.82, 2.24) is 10.2 Å². The first kappa shape index (κ1) is 18.2. The summed E-state index contributed by atoms with van der Waals surface area (Å²) in [5.41, 5.74) is 1.37. The highest BCUT2D eigenvalue weighted by Gasteiger charge is 2.18. The van der Waals surface area contributed by atoms with Crippen LogP contribution in [0.2, 0.25) is 0 Å². The Morgan fingerprint density at radius 1 is 1.33 bits per heavy atom. The van der Waals surface area contributed by atoms with Gasteiger partial charge in [-0.2, -0.15) is 0 Å². The Morgan fingerprint density at radius 2 is 2.08 bits per heavy atom. The molecule has 1 aliphatic rings. The van der Waals surface area contributed by atoms with Crippen LogP contribution in [0.25, 0.3) is 6.08 Å². The van der Waals surface area contributed by atoms with Gasteiger partial charge in [0.15, 0.2) is 0 Å². The average molecular weight is 330 g/mol. The van der Waals surface area contributed by atoms with E-state index in [0.29, 0.717) is 11.5 Å². The second-order valence-corrected chi connectivity index (χ2v) is 6.09. The minimum Gasteiger partial charge on any atom is -0.465 e. The van der Waals surface area contributed by atoms with Crippen LogP contribution in [0.5, 0.6) is 0 Å². The molecule has 1 aliphatic heterocycles. The van der Waals surface area contributed by atoms with Crippen molar-refractivity contribution in [2.24, 2.45) is 5.92 Å². The van der Waals surface area contributed by atoms with E-state index in [1.165, 1.54) is 32.6 Å². The normalized spacial score (nSPS) is 18.5. The molecule has 0 aliphatic carbocycles. The molecule has 0 bridgehead atoms. The van der Waals surface area contributed by atoms with E-state index >= 15 is 0 Å². The molecule has 5 heteroatoms. The first-order valence-corrected chi connectivity index (χ1v) is 8.49. The molecule has 1 fully saturated rings. The van der Waals surface area contributed by atoms with Crippen LogP contribution >= 0.6 is 0 Å². The zero-order chi connectivity index (χ0) is 17.4. The van der Waals surface area contributed by atoms with Crippen molar-refractivity contribution >= 4 is 18.0 Å². The zero-order valence-corrected chi connectivity index (χ0v) is 14.5. The van der Waals surface area contributed by atoms with Crippen molar-refractivity contribution < 1.29 is 14.3 Å². The van der Waals surface area contributed by atoms with Crippen molar-refractivity contribution in [2.75, 3.05) is 33.3 Å². The lowest BCUT2D eigenvalue weighted by atomic mass is 9.98. The maximum atomic E-state index is 11.9. The van der Waals surface area contributed by atoms with Crippen LogP contribution in [0.4, 0.5) is 0 Å². The molecule has 1 amide bonds. The molecular formula is C19H26N2O3. The van der Waals surface area contributed by atoms with Crippen molar-refractivity contribution in [2.45, 2.75) is 19.8 Å². The zero-order valence-electron chi connectivity index (χ0n) is 14.5. The number of carbonyl (C=O) groups is 2. The number of ether oxygens (including phenoxy) is 1. The van der Waals surface area contributed by atoms with Gasteiger partial charge in [-0.15, -0.1) is 0 Å². The van der Waals surface area contributed by atoms with Crippen molar-refractivity contribution in [3.05, 3.63) is 41.5 Å². The highest BCUT2D eigenvalue weighted by molar-refractivity contribution is 5.92. The first-order valence-electron chi connectivity index (χ1n) is 8.49. The van der Waals surface area contributed by atoms with E-state index in [9.17, 15) is 9.59 Å². The molecule has 130 valence electrons. The number of methoxy groups -OCH3 is 1. The van der Waals surface area contributed by atoms with Gasteiger partial charge >= 0.3 is 5.97 Å². The summed E-state index contributed by atoms with van der Waals surface area (Å²) in [6.45, 7) is 6.21. The molecule has 5 nitrogen and oxygen atoms in total. The van der Waals surface area contributed by atoms with Crippen LogP contribution in [0.15, 0.2) is 30.3 Å². The standard InChI is InChI=1S/C19H26N2O3/c1-3-21-12-4-5-16(14-21)13-20-18(22)11-8-15-6-9-17(10-7-15)19(23)24-2/h6-11,16H,3-5,12-14H2,1-2H3,(H,20,22)/b11-8+/t16-/m0/s1. The number of amides is 1. The Bertz CT molecular complexity index is 581. The van der Waals surface area contributed by atoms with E-state index in [1.54, 1.807) is 30.3 Å². The second kappa shape index (κ2) is 9.23. The fraction of sp³-hybridized carbons (Fsp3) is 0.474. The van der Waals surface area contributed by atoms with Crippen LogP contribution in [0, 0.1) is 5.92 Å². The molecule has 1 saturated heterocycles. The van der Waals surface area contributed by atoms with Gasteiger partial charge in [0.2, 0.25) is 5.91 Å². The van der Waals surface area contributed by atoms with E-state index in [2.05, 4.69) is 21.9 Å². The van der Waals surface area contributed by atoms with Crippen LogP contribution in [-0.2, 0) is 9.53 Å². The van der Waals surface area contributed by atoms with Gasteiger partial charge in [0.1, 0.15) is 0 Å². The maximum absolute atomic E-state index is 11.9. The largest absolute Gasteiger partial charge is 0.465 e. The van der Waals surface area contributed by atoms with Gasteiger partial charge in [0.05, 0.1) is 12.7 Å². The fourth-order valence-corrected chi connectivity index (χ4v) is 2.93. The van der Waals surface area contributed by atoms with E-state index in [1.807, 2.05) is 0 Å². The van der Waals surface area contributed by atoms with Crippen molar-refractivity contribution in [1.29, 1.82) is 0 Å². The number of nitrogens with one attached hydrogen (secondary N) is 1. The molecule has 1 aromatic rings. The van der Waals surface area contributed by atoms with Crippen molar-refractivity contribution in [3.63, 3.8) is 0 Å². The summed E-state index contributed by atoms with van der Waals surface area (Å²) in [6.07, 6.45) is 5.66. The van der Waals surface area contributed by atoms with Gasteiger partial charge in [-0.3, -0.25) is 4.79 Å². The Labute approximate surface area is 143 Å². The van der Waals surface area contributed by atoms with E-state index in [0.717, 1.165) is 25.2 Å². The van der Waals surface area contributed by atoms with Crippen LogP contribution < -0.4 is 5.32 Å². The predicted molar refractivity (Wildman–Crippen MR) is 94.7 cm³/mol. The minimum absolute atomic E-state index is 0.0827. The van der Waals surface area contributed by atoms with Gasteiger partial charge in [-0.25, -0.2) is 4.79 Å². The molecule has 1 aromatic carbocycles. The number of rotatable bonds is 6. The SMILES string of the molecule is CCN1CCC[C@@H](CNC(=O)/C=C/c2ccc(C(=O)OC)cc2)C1. The lowest BCUT2D eigenvalue weighted by molar-refractivity contribution is -0.116.